The van der Waals surface area contributed by atoms with E-state index < -0.39 is 0 Å². The number of hydrogen-bond acceptors (Lipinski definition) is 6. The molecule has 2 aromatic heterocycles. The van der Waals surface area contributed by atoms with Gasteiger partial charge in [-0.2, -0.15) is 4.98 Å². The molecule has 0 aliphatic carbocycles. The van der Waals surface area contributed by atoms with E-state index >= 15 is 0 Å². The minimum Gasteiger partial charge on any atom is -0.396 e. The standard InChI is InChI=1S/C11H15N5O3/c12-11-14-9-8(10(18)15-11)16(5-13-9)7-2-1-6(3-17)4-19-7/h5-7,17H,1-4H2,(H3,12,14,15,18). The van der Waals surface area contributed by atoms with E-state index in [-0.39, 0.29) is 30.3 Å². The van der Waals surface area contributed by atoms with Crippen molar-refractivity contribution in [1.82, 2.24) is 19.5 Å². The quantitative estimate of drug-likeness (QED) is 0.681. The molecule has 4 N–H and O–H groups in total. The molecule has 1 aliphatic heterocycles. The molecule has 2 aromatic rings. The summed E-state index contributed by atoms with van der Waals surface area (Å²) >= 11 is 0. The van der Waals surface area contributed by atoms with Gasteiger partial charge in [-0.1, -0.05) is 0 Å². The molecule has 0 bridgehead atoms. The fraction of sp³-hybridized carbons (Fsp3) is 0.545. The Balaban J connectivity index is 1.96. The molecule has 0 spiro atoms. The van der Waals surface area contributed by atoms with Crippen LogP contribution in [0.1, 0.15) is 19.1 Å². The SMILES string of the molecule is Nc1nc2ncn(C3CCC(CO)CO3)c2c(=O)[nH]1. The van der Waals surface area contributed by atoms with Crippen molar-refractivity contribution in [3.05, 3.63) is 16.7 Å². The molecule has 8 nitrogen and oxygen atoms in total. The van der Waals surface area contributed by atoms with E-state index in [1.54, 1.807) is 4.57 Å². The van der Waals surface area contributed by atoms with Crippen LogP contribution in [-0.4, -0.2) is 37.8 Å². The lowest BCUT2D eigenvalue weighted by molar-refractivity contribution is -0.0667. The Labute approximate surface area is 108 Å². The summed E-state index contributed by atoms with van der Waals surface area (Å²) < 4.78 is 7.35. The Morgan fingerprint density at radius 3 is 3.11 bits per heavy atom. The molecule has 19 heavy (non-hydrogen) atoms. The maximum Gasteiger partial charge on any atom is 0.278 e. The molecule has 0 aromatic carbocycles. The van der Waals surface area contributed by atoms with Gasteiger partial charge >= 0.3 is 0 Å². The molecule has 3 rings (SSSR count). The fourth-order valence-electron chi connectivity index (χ4n) is 2.34. The average Bonchev–Trinajstić information content (AvgIpc) is 2.83. The number of nitrogen functional groups attached to an aromatic ring is 1. The zero-order valence-corrected chi connectivity index (χ0v) is 10.2. The molecule has 0 saturated carbocycles. The zero-order valence-electron chi connectivity index (χ0n) is 10.2. The molecule has 1 saturated heterocycles. The Morgan fingerprint density at radius 2 is 2.42 bits per heavy atom. The molecule has 0 amide bonds. The van der Waals surface area contributed by atoms with Gasteiger partial charge in [-0.15, -0.1) is 0 Å². The first kappa shape index (κ1) is 12.1. The number of imidazole rings is 1. The molecule has 1 fully saturated rings. The van der Waals surface area contributed by atoms with Crippen LogP contribution in [0.4, 0.5) is 5.95 Å². The largest absolute Gasteiger partial charge is 0.396 e. The van der Waals surface area contributed by atoms with E-state index in [2.05, 4.69) is 15.0 Å². The van der Waals surface area contributed by atoms with E-state index in [1.807, 2.05) is 0 Å². The number of aromatic nitrogens is 4. The van der Waals surface area contributed by atoms with Crippen LogP contribution in [0.3, 0.4) is 0 Å². The van der Waals surface area contributed by atoms with Gasteiger partial charge in [-0.25, -0.2) is 4.98 Å². The van der Waals surface area contributed by atoms with Crippen molar-refractivity contribution in [3.63, 3.8) is 0 Å². The van der Waals surface area contributed by atoms with E-state index in [1.165, 1.54) is 6.33 Å². The van der Waals surface area contributed by atoms with Crippen molar-refractivity contribution in [3.8, 4) is 0 Å². The van der Waals surface area contributed by atoms with E-state index in [9.17, 15) is 4.79 Å². The number of hydrogen-bond donors (Lipinski definition) is 3. The highest BCUT2D eigenvalue weighted by atomic mass is 16.5. The van der Waals surface area contributed by atoms with Gasteiger partial charge in [0, 0.05) is 12.5 Å². The van der Waals surface area contributed by atoms with Gasteiger partial charge in [0.15, 0.2) is 11.2 Å². The Morgan fingerprint density at radius 1 is 1.58 bits per heavy atom. The second-order valence-electron chi connectivity index (χ2n) is 4.69. The van der Waals surface area contributed by atoms with Gasteiger partial charge < -0.3 is 15.6 Å². The molecule has 3 heterocycles. The smallest absolute Gasteiger partial charge is 0.278 e. The van der Waals surface area contributed by atoms with E-state index in [4.69, 9.17) is 15.6 Å². The van der Waals surface area contributed by atoms with Gasteiger partial charge in [0.25, 0.3) is 5.56 Å². The Bertz CT molecular complexity index is 641. The van der Waals surface area contributed by atoms with Crippen LogP contribution in [0.5, 0.6) is 0 Å². The van der Waals surface area contributed by atoms with Crippen LogP contribution < -0.4 is 11.3 Å². The lowest BCUT2D eigenvalue weighted by Crippen LogP contribution is -2.27. The average molecular weight is 265 g/mol. The first-order valence-electron chi connectivity index (χ1n) is 6.14. The summed E-state index contributed by atoms with van der Waals surface area (Å²) in [6.07, 6.45) is 2.86. The molecule has 2 unspecified atom stereocenters. The number of nitrogens with zero attached hydrogens (tertiary/aromatic N) is 3. The highest BCUT2D eigenvalue weighted by Crippen LogP contribution is 2.27. The lowest BCUT2D eigenvalue weighted by Gasteiger charge is -2.28. The number of aromatic amines is 1. The maximum atomic E-state index is 11.9. The van der Waals surface area contributed by atoms with Gasteiger partial charge in [-0.3, -0.25) is 14.3 Å². The second kappa shape index (κ2) is 4.63. The summed E-state index contributed by atoms with van der Waals surface area (Å²) in [4.78, 5) is 22.4. The predicted octanol–water partition coefficient (Wildman–Crippen LogP) is -0.381. The molecular formula is C11H15N5O3. The summed E-state index contributed by atoms with van der Waals surface area (Å²) in [7, 11) is 0. The minimum absolute atomic E-state index is 0.0488. The monoisotopic (exact) mass is 265 g/mol. The van der Waals surface area contributed by atoms with Crippen LogP contribution in [0, 0.1) is 5.92 Å². The molecule has 0 radical (unpaired) electrons. The second-order valence-corrected chi connectivity index (χ2v) is 4.69. The number of nitrogens with two attached hydrogens (primary N) is 1. The van der Waals surface area contributed by atoms with E-state index in [0.29, 0.717) is 17.8 Å². The number of fused-ring (bicyclic) bond motifs is 1. The predicted molar refractivity (Wildman–Crippen MR) is 67.4 cm³/mol. The highest BCUT2D eigenvalue weighted by Gasteiger charge is 2.24. The number of nitrogens with one attached hydrogen (secondary N) is 1. The summed E-state index contributed by atoms with van der Waals surface area (Å²) in [6, 6.07) is 0. The molecular weight excluding hydrogens is 250 g/mol. The van der Waals surface area contributed by atoms with Gasteiger partial charge in [0.1, 0.15) is 6.23 Å². The molecule has 8 heteroatoms. The van der Waals surface area contributed by atoms with Crippen molar-refractivity contribution < 1.29 is 9.84 Å². The third-order valence-electron chi connectivity index (χ3n) is 3.37. The van der Waals surface area contributed by atoms with Crippen molar-refractivity contribution in [1.29, 1.82) is 0 Å². The van der Waals surface area contributed by atoms with Gasteiger partial charge in [0.2, 0.25) is 5.95 Å². The van der Waals surface area contributed by atoms with Crippen molar-refractivity contribution in [2.45, 2.75) is 19.1 Å². The number of aliphatic hydroxyl groups is 1. The Hall–Kier alpha value is -1.93. The summed E-state index contributed by atoms with van der Waals surface area (Å²) in [5.41, 5.74) is 5.82. The first-order chi connectivity index (χ1) is 9.19. The van der Waals surface area contributed by atoms with Crippen molar-refractivity contribution in [2.24, 2.45) is 5.92 Å². The van der Waals surface area contributed by atoms with Crippen LogP contribution in [0.25, 0.3) is 11.2 Å². The minimum atomic E-state index is -0.326. The summed E-state index contributed by atoms with van der Waals surface area (Å²) in [5, 5.41) is 9.08. The number of aliphatic hydroxyl groups excluding tert-OH is 1. The normalized spacial score (nSPS) is 23.8. The van der Waals surface area contributed by atoms with Crippen molar-refractivity contribution >= 4 is 17.1 Å². The van der Waals surface area contributed by atoms with Crippen LogP contribution >= 0.6 is 0 Å². The number of H-pyrrole nitrogens is 1. The van der Waals surface area contributed by atoms with E-state index in [0.717, 1.165) is 12.8 Å². The number of anilines is 1. The van der Waals surface area contributed by atoms with Crippen LogP contribution in [0.2, 0.25) is 0 Å². The Kier molecular flexibility index (Phi) is 2.96. The zero-order chi connectivity index (χ0) is 13.4. The van der Waals surface area contributed by atoms with Crippen LogP contribution in [-0.2, 0) is 4.74 Å². The molecule has 1 aliphatic rings. The first-order valence-corrected chi connectivity index (χ1v) is 6.14. The number of rotatable bonds is 2. The third kappa shape index (κ3) is 2.08. The molecule has 102 valence electrons. The van der Waals surface area contributed by atoms with Crippen LogP contribution in [0.15, 0.2) is 11.1 Å². The maximum absolute atomic E-state index is 11.9. The van der Waals surface area contributed by atoms with Gasteiger partial charge in [-0.05, 0) is 12.8 Å². The summed E-state index contributed by atoms with van der Waals surface area (Å²) in [6.45, 7) is 0.594. The fourth-order valence-corrected chi connectivity index (χ4v) is 2.34. The van der Waals surface area contributed by atoms with Crippen molar-refractivity contribution in [2.75, 3.05) is 18.9 Å². The number of ether oxygens (including phenoxy) is 1. The third-order valence-corrected chi connectivity index (χ3v) is 3.37. The van der Waals surface area contributed by atoms with Gasteiger partial charge in [0.05, 0.1) is 12.9 Å². The highest BCUT2D eigenvalue weighted by molar-refractivity contribution is 5.70. The topological polar surface area (TPSA) is 119 Å². The summed E-state index contributed by atoms with van der Waals surface area (Å²) in [5.74, 6) is 0.214. The lowest BCUT2D eigenvalue weighted by atomic mass is 10.0. The molecule has 2 atom stereocenters.